The third kappa shape index (κ3) is 9.72. The number of ketones is 1. The van der Waals surface area contributed by atoms with Crippen LogP contribution in [0.15, 0.2) is 0 Å². The van der Waals surface area contributed by atoms with Crippen molar-refractivity contribution in [3.05, 3.63) is 0 Å². The monoisotopic (exact) mass is 199 g/mol. The summed E-state index contributed by atoms with van der Waals surface area (Å²) in [7, 11) is 0. The third-order valence-electron chi connectivity index (χ3n) is 2.36. The summed E-state index contributed by atoms with van der Waals surface area (Å²) in [6.45, 7) is 4.10. The Morgan fingerprint density at radius 1 is 1.14 bits per heavy atom. The van der Waals surface area contributed by atoms with E-state index in [1.165, 1.54) is 32.1 Å². The lowest BCUT2D eigenvalue weighted by Gasteiger charge is -2.03. The van der Waals surface area contributed by atoms with Crippen molar-refractivity contribution in [2.75, 3.05) is 0 Å². The predicted molar refractivity (Wildman–Crippen MR) is 61.3 cm³/mol. The molecule has 0 aliphatic carbocycles. The van der Waals surface area contributed by atoms with Crippen LogP contribution < -0.4 is 5.73 Å². The molecular weight excluding hydrogens is 174 g/mol. The van der Waals surface area contributed by atoms with Gasteiger partial charge in [-0.1, -0.05) is 39.0 Å². The van der Waals surface area contributed by atoms with Crippen LogP contribution in [0.2, 0.25) is 0 Å². The molecule has 0 aliphatic heterocycles. The van der Waals surface area contributed by atoms with Gasteiger partial charge in [0.15, 0.2) is 0 Å². The van der Waals surface area contributed by atoms with Gasteiger partial charge in [0, 0.05) is 18.9 Å². The molecule has 1 atom stereocenters. The molecule has 0 radical (unpaired) electrons. The first-order valence-corrected chi connectivity index (χ1v) is 5.94. The molecule has 0 amide bonds. The molecule has 0 heterocycles. The Labute approximate surface area is 88.3 Å². The van der Waals surface area contributed by atoms with Gasteiger partial charge in [0.2, 0.25) is 0 Å². The minimum Gasteiger partial charge on any atom is -0.328 e. The number of carbonyl (C=O) groups is 1. The maximum atomic E-state index is 11.3. The Kier molecular flexibility index (Phi) is 8.95. The molecule has 0 saturated carbocycles. The average Bonchev–Trinajstić information content (AvgIpc) is 2.10. The van der Waals surface area contributed by atoms with E-state index in [9.17, 15) is 4.79 Å². The van der Waals surface area contributed by atoms with Crippen molar-refractivity contribution < 1.29 is 4.79 Å². The van der Waals surface area contributed by atoms with Crippen LogP contribution in [0.4, 0.5) is 0 Å². The molecule has 84 valence electrons. The minimum atomic E-state index is 0.0302. The fourth-order valence-corrected chi connectivity index (χ4v) is 1.56. The molecule has 2 nitrogen and oxygen atoms in total. The fraction of sp³-hybridized carbons (Fsp3) is 0.917. The van der Waals surface area contributed by atoms with Gasteiger partial charge < -0.3 is 5.73 Å². The first-order valence-electron chi connectivity index (χ1n) is 5.94. The Morgan fingerprint density at radius 2 is 1.71 bits per heavy atom. The van der Waals surface area contributed by atoms with Gasteiger partial charge in [-0.2, -0.15) is 0 Å². The molecule has 1 unspecified atom stereocenters. The van der Waals surface area contributed by atoms with Crippen molar-refractivity contribution >= 4 is 5.78 Å². The van der Waals surface area contributed by atoms with Crippen LogP contribution in [0, 0.1) is 0 Å². The standard InChI is InChI=1S/C12H25NO/c1-3-4-5-6-7-8-9-12(14)10-11(2)13/h11H,3-10,13H2,1-2H3. The van der Waals surface area contributed by atoms with E-state index in [1.807, 2.05) is 6.92 Å². The highest BCUT2D eigenvalue weighted by molar-refractivity contribution is 5.78. The van der Waals surface area contributed by atoms with Crippen LogP contribution in [0.25, 0.3) is 0 Å². The third-order valence-corrected chi connectivity index (χ3v) is 2.36. The zero-order valence-electron chi connectivity index (χ0n) is 9.72. The highest BCUT2D eigenvalue weighted by Gasteiger charge is 2.04. The van der Waals surface area contributed by atoms with Crippen molar-refractivity contribution in [1.82, 2.24) is 0 Å². The van der Waals surface area contributed by atoms with Crippen molar-refractivity contribution in [2.24, 2.45) is 5.73 Å². The highest BCUT2D eigenvalue weighted by Crippen LogP contribution is 2.08. The number of Topliss-reactive ketones (excluding diaryl/α,β-unsaturated/α-hetero) is 1. The summed E-state index contributed by atoms with van der Waals surface area (Å²) in [5.41, 5.74) is 5.54. The molecule has 0 spiro atoms. The largest absolute Gasteiger partial charge is 0.328 e. The summed E-state index contributed by atoms with van der Waals surface area (Å²) >= 11 is 0. The average molecular weight is 199 g/mol. The second-order valence-electron chi connectivity index (χ2n) is 4.24. The number of unbranched alkanes of at least 4 members (excludes halogenated alkanes) is 5. The summed E-state index contributed by atoms with van der Waals surface area (Å²) in [6, 6.07) is 0.0302. The Hall–Kier alpha value is -0.370. The normalized spacial score (nSPS) is 12.8. The zero-order chi connectivity index (χ0) is 10.8. The van der Waals surface area contributed by atoms with Crippen LogP contribution in [-0.4, -0.2) is 11.8 Å². The molecule has 0 bridgehead atoms. The summed E-state index contributed by atoms with van der Waals surface area (Å²) in [6.07, 6.45) is 8.73. The van der Waals surface area contributed by atoms with Crippen LogP contribution in [-0.2, 0) is 4.79 Å². The van der Waals surface area contributed by atoms with Gasteiger partial charge in [0.1, 0.15) is 5.78 Å². The van der Waals surface area contributed by atoms with E-state index in [-0.39, 0.29) is 6.04 Å². The lowest BCUT2D eigenvalue weighted by molar-refractivity contribution is -0.119. The van der Waals surface area contributed by atoms with E-state index in [0.717, 1.165) is 12.8 Å². The van der Waals surface area contributed by atoms with Crippen LogP contribution in [0.1, 0.15) is 65.2 Å². The smallest absolute Gasteiger partial charge is 0.134 e. The Balaban J connectivity index is 3.15. The van der Waals surface area contributed by atoms with E-state index >= 15 is 0 Å². The zero-order valence-corrected chi connectivity index (χ0v) is 9.72. The van der Waals surface area contributed by atoms with Crippen LogP contribution in [0.5, 0.6) is 0 Å². The van der Waals surface area contributed by atoms with Crippen molar-refractivity contribution in [3.63, 3.8) is 0 Å². The minimum absolute atomic E-state index is 0.0302. The second kappa shape index (κ2) is 9.20. The lowest BCUT2D eigenvalue weighted by Crippen LogP contribution is -2.19. The van der Waals surface area contributed by atoms with E-state index < -0.39 is 0 Å². The van der Waals surface area contributed by atoms with E-state index in [1.54, 1.807) is 0 Å². The predicted octanol–water partition coefficient (Wildman–Crippen LogP) is 3.04. The van der Waals surface area contributed by atoms with Crippen molar-refractivity contribution in [3.8, 4) is 0 Å². The summed E-state index contributed by atoms with van der Waals surface area (Å²) < 4.78 is 0. The topological polar surface area (TPSA) is 43.1 Å². The van der Waals surface area contributed by atoms with Gasteiger partial charge >= 0.3 is 0 Å². The first kappa shape index (κ1) is 13.6. The first-order chi connectivity index (χ1) is 6.66. The van der Waals surface area contributed by atoms with Gasteiger partial charge in [-0.05, 0) is 13.3 Å². The molecule has 2 N–H and O–H groups in total. The Bertz CT molecular complexity index is 143. The molecule has 0 rings (SSSR count). The van der Waals surface area contributed by atoms with Gasteiger partial charge in [-0.25, -0.2) is 0 Å². The molecule has 0 aromatic carbocycles. The number of hydrogen-bond donors (Lipinski definition) is 1. The van der Waals surface area contributed by atoms with E-state index in [2.05, 4.69) is 6.92 Å². The molecule has 14 heavy (non-hydrogen) atoms. The highest BCUT2D eigenvalue weighted by atomic mass is 16.1. The fourth-order valence-electron chi connectivity index (χ4n) is 1.56. The lowest BCUT2D eigenvalue weighted by atomic mass is 10.0. The Morgan fingerprint density at radius 3 is 2.29 bits per heavy atom. The van der Waals surface area contributed by atoms with E-state index in [4.69, 9.17) is 5.73 Å². The van der Waals surface area contributed by atoms with Crippen LogP contribution >= 0.6 is 0 Å². The SMILES string of the molecule is CCCCCCCCC(=O)CC(C)N. The maximum Gasteiger partial charge on any atom is 0.134 e. The summed E-state index contributed by atoms with van der Waals surface area (Å²) in [5, 5.41) is 0. The molecule has 0 aliphatic rings. The molecule has 0 aromatic heterocycles. The number of rotatable bonds is 9. The number of hydrogen-bond acceptors (Lipinski definition) is 2. The second-order valence-corrected chi connectivity index (χ2v) is 4.24. The van der Waals surface area contributed by atoms with Gasteiger partial charge in [0.25, 0.3) is 0 Å². The number of carbonyl (C=O) groups excluding carboxylic acids is 1. The van der Waals surface area contributed by atoms with E-state index in [0.29, 0.717) is 12.2 Å². The van der Waals surface area contributed by atoms with Gasteiger partial charge in [-0.15, -0.1) is 0 Å². The summed E-state index contributed by atoms with van der Waals surface area (Å²) in [5.74, 6) is 0.329. The molecule has 2 heteroatoms. The molecule has 0 aromatic rings. The molecule has 0 saturated heterocycles. The van der Waals surface area contributed by atoms with Crippen molar-refractivity contribution in [2.45, 2.75) is 71.3 Å². The van der Waals surface area contributed by atoms with Gasteiger partial charge in [-0.3, -0.25) is 4.79 Å². The number of nitrogens with two attached hydrogens (primary N) is 1. The maximum absolute atomic E-state index is 11.3. The van der Waals surface area contributed by atoms with Crippen LogP contribution in [0.3, 0.4) is 0 Å². The van der Waals surface area contributed by atoms with Crippen molar-refractivity contribution in [1.29, 1.82) is 0 Å². The quantitative estimate of drug-likeness (QED) is 0.580. The molecular formula is C12H25NO. The van der Waals surface area contributed by atoms with Gasteiger partial charge in [0.05, 0.1) is 0 Å². The molecule has 0 fully saturated rings. The summed E-state index contributed by atoms with van der Waals surface area (Å²) in [4.78, 5) is 11.3.